The fraction of sp³-hybridized carbons (Fsp3) is 0.480. The maximum Gasteiger partial charge on any atom is 0.410 e. The summed E-state index contributed by atoms with van der Waals surface area (Å²) in [6.07, 6.45) is 0.638. The minimum Gasteiger partial charge on any atom is -0.497 e. The molecule has 2 aromatic rings. The quantitative estimate of drug-likeness (QED) is 0.658. The summed E-state index contributed by atoms with van der Waals surface area (Å²) in [5, 5.41) is 0. The van der Waals surface area contributed by atoms with Crippen molar-refractivity contribution in [1.82, 2.24) is 9.80 Å². The average Bonchev–Trinajstić information content (AvgIpc) is 2.74. The highest BCUT2D eigenvalue weighted by atomic mass is 16.6. The number of piperazine rings is 1. The molecule has 1 heterocycles. The summed E-state index contributed by atoms with van der Waals surface area (Å²) in [7, 11) is 1.65. The average molecular weight is 427 g/mol. The molecule has 0 atom stereocenters. The van der Waals surface area contributed by atoms with E-state index in [1.807, 2.05) is 45.0 Å². The number of carbonyl (C=O) groups excluding carboxylic acids is 1. The van der Waals surface area contributed by atoms with Crippen LogP contribution in [0.1, 0.15) is 31.9 Å². The van der Waals surface area contributed by atoms with Crippen molar-refractivity contribution in [2.45, 2.75) is 39.3 Å². The van der Waals surface area contributed by atoms with E-state index in [9.17, 15) is 4.79 Å². The molecule has 0 aromatic heterocycles. The molecule has 0 saturated carbocycles. The first-order chi connectivity index (χ1) is 14.8. The number of benzene rings is 2. The maximum atomic E-state index is 12.2. The van der Waals surface area contributed by atoms with Crippen molar-refractivity contribution in [2.24, 2.45) is 0 Å². The van der Waals surface area contributed by atoms with E-state index in [4.69, 9.17) is 14.2 Å². The second-order valence-corrected chi connectivity index (χ2v) is 8.84. The molecule has 1 aliphatic heterocycles. The van der Waals surface area contributed by atoms with Crippen LogP contribution in [0.5, 0.6) is 11.5 Å². The minimum absolute atomic E-state index is 0.215. The molecule has 1 saturated heterocycles. The second kappa shape index (κ2) is 10.5. The van der Waals surface area contributed by atoms with Crippen molar-refractivity contribution >= 4 is 6.09 Å². The molecule has 1 amide bonds. The van der Waals surface area contributed by atoms with Gasteiger partial charge in [-0.15, -0.1) is 0 Å². The van der Waals surface area contributed by atoms with Gasteiger partial charge in [0.2, 0.25) is 0 Å². The molecule has 31 heavy (non-hydrogen) atoms. The van der Waals surface area contributed by atoms with E-state index in [1.54, 1.807) is 12.0 Å². The molecule has 0 radical (unpaired) electrons. The molecule has 0 unspecified atom stereocenters. The van der Waals surface area contributed by atoms with Crippen molar-refractivity contribution in [1.29, 1.82) is 0 Å². The SMILES string of the molecule is COc1cccc(OCCc2ccc(CN3CCN(C(=O)OC(C)(C)C)CC3)cc2)c1. The van der Waals surface area contributed by atoms with Crippen molar-refractivity contribution in [3.63, 3.8) is 0 Å². The Morgan fingerprint density at radius 1 is 0.935 bits per heavy atom. The summed E-state index contributed by atoms with van der Waals surface area (Å²) >= 11 is 0. The van der Waals surface area contributed by atoms with E-state index in [-0.39, 0.29) is 6.09 Å². The number of carbonyl (C=O) groups is 1. The molecule has 3 rings (SSSR count). The standard InChI is InChI=1S/C25H34N2O4/c1-25(2,3)31-24(28)27-15-13-26(14-16-27)19-21-10-8-20(9-11-21)12-17-30-23-7-5-6-22(18-23)29-4/h5-11,18H,12-17,19H2,1-4H3. The molecule has 0 N–H and O–H groups in total. The van der Waals surface area contributed by atoms with Crippen LogP contribution in [-0.4, -0.2) is 61.4 Å². The highest BCUT2D eigenvalue weighted by Gasteiger charge is 2.25. The van der Waals surface area contributed by atoms with Gasteiger partial charge in [0.05, 0.1) is 13.7 Å². The Labute approximate surface area is 185 Å². The Bertz CT molecular complexity index is 837. The number of nitrogens with zero attached hydrogens (tertiary/aromatic N) is 2. The monoisotopic (exact) mass is 426 g/mol. The number of hydrogen-bond acceptors (Lipinski definition) is 5. The lowest BCUT2D eigenvalue weighted by Crippen LogP contribution is -2.49. The van der Waals surface area contributed by atoms with Crippen molar-refractivity contribution in [2.75, 3.05) is 39.9 Å². The lowest BCUT2D eigenvalue weighted by molar-refractivity contribution is 0.0139. The summed E-state index contributed by atoms with van der Waals surface area (Å²) in [5.74, 6) is 1.62. The van der Waals surface area contributed by atoms with Crippen LogP contribution in [0.15, 0.2) is 48.5 Å². The fourth-order valence-corrected chi connectivity index (χ4v) is 3.46. The van der Waals surface area contributed by atoms with Crippen LogP contribution in [-0.2, 0) is 17.7 Å². The van der Waals surface area contributed by atoms with Gasteiger partial charge in [-0.1, -0.05) is 30.3 Å². The lowest BCUT2D eigenvalue weighted by atomic mass is 10.1. The molecule has 1 fully saturated rings. The third kappa shape index (κ3) is 7.47. The molecule has 0 aliphatic carbocycles. The normalized spacial score (nSPS) is 14.9. The van der Waals surface area contributed by atoms with Crippen LogP contribution in [0, 0.1) is 0 Å². The zero-order chi connectivity index (χ0) is 22.3. The summed E-state index contributed by atoms with van der Waals surface area (Å²) in [6, 6.07) is 16.4. The number of amides is 1. The summed E-state index contributed by atoms with van der Waals surface area (Å²) < 4.78 is 16.5. The van der Waals surface area contributed by atoms with E-state index in [0.29, 0.717) is 19.7 Å². The smallest absolute Gasteiger partial charge is 0.410 e. The van der Waals surface area contributed by atoms with Crippen LogP contribution < -0.4 is 9.47 Å². The van der Waals surface area contributed by atoms with Gasteiger partial charge < -0.3 is 19.1 Å². The molecule has 1 aliphatic rings. The number of methoxy groups -OCH3 is 1. The number of ether oxygens (including phenoxy) is 3. The molecular weight excluding hydrogens is 392 g/mol. The van der Waals surface area contributed by atoms with Crippen LogP contribution in [0.3, 0.4) is 0 Å². The fourth-order valence-electron chi connectivity index (χ4n) is 3.46. The summed E-state index contributed by atoms with van der Waals surface area (Å²) in [5.41, 5.74) is 2.08. The largest absolute Gasteiger partial charge is 0.497 e. The van der Waals surface area contributed by atoms with Crippen LogP contribution >= 0.6 is 0 Å². The van der Waals surface area contributed by atoms with Crippen molar-refractivity contribution < 1.29 is 19.0 Å². The van der Waals surface area contributed by atoms with E-state index in [1.165, 1.54) is 11.1 Å². The van der Waals surface area contributed by atoms with Gasteiger partial charge in [-0.2, -0.15) is 0 Å². The predicted molar refractivity (Wildman–Crippen MR) is 122 cm³/mol. The Morgan fingerprint density at radius 2 is 1.58 bits per heavy atom. The maximum absolute atomic E-state index is 12.2. The Kier molecular flexibility index (Phi) is 7.80. The molecule has 168 valence electrons. The third-order valence-electron chi connectivity index (χ3n) is 5.15. The topological polar surface area (TPSA) is 51.2 Å². The lowest BCUT2D eigenvalue weighted by Gasteiger charge is -2.35. The second-order valence-electron chi connectivity index (χ2n) is 8.84. The van der Waals surface area contributed by atoms with Crippen LogP contribution in [0.4, 0.5) is 4.79 Å². The van der Waals surface area contributed by atoms with E-state index in [0.717, 1.165) is 37.6 Å². The zero-order valence-electron chi connectivity index (χ0n) is 19.1. The minimum atomic E-state index is -0.449. The summed E-state index contributed by atoms with van der Waals surface area (Å²) in [6.45, 7) is 10.3. The third-order valence-corrected chi connectivity index (χ3v) is 5.15. The predicted octanol–water partition coefficient (Wildman–Crippen LogP) is 4.37. The van der Waals surface area contributed by atoms with E-state index >= 15 is 0 Å². The molecule has 6 nitrogen and oxygen atoms in total. The van der Waals surface area contributed by atoms with Crippen molar-refractivity contribution in [3.05, 3.63) is 59.7 Å². The van der Waals surface area contributed by atoms with Gasteiger partial charge >= 0.3 is 6.09 Å². The van der Waals surface area contributed by atoms with E-state index < -0.39 is 5.60 Å². The number of rotatable bonds is 7. The molecular formula is C25H34N2O4. The molecule has 6 heteroatoms. The molecule has 2 aromatic carbocycles. The van der Waals surface area contributed by atoms with Gasteiger partial charge in [-0.05, 0) is 44.0 Å². The van der Waals surface area contributed by atoms with Gasteiger partial charge in [-0.3, -0.25) is 4.90 Å². The first-order valence-electron chi connectivity index (χ1n) is 10.9. The summed E-state index contributed by atoms with van der Waals surface area (Å²) in [4.78, 5) is 16.4. The Balaban J connectivity index is 1.40. The van der Waals surface area contributed by atoms with Crippen LogP contribution in [0.25, 0.3) is 0 Å². The molecule has 0 spiro atoms. The van der Waals surface area contributed by atoms with Gasteiger partial charge in [0.15, 0.2) is 0 Å². The van der Waals surface area contributed by atoms with E-state index in [2.05, 4.69) is 29.2 Å². The first kappa shape index (κ1) is 22.9. The van der Waals surface area contributed by atoms with Gasteiger partial charge in [0, 0.05) is 45.2 Å². The van der Waals surface area contributed by atoms with Gasteiger partial charge in [-0.25, -0.2) is 4.79 Å². The van der Waals surface area contributed by atoms with Gasteiger partial charge in [0.1, 0.15) is 17.1 Å². The highest BCUT2D eigenvalue weighted by molar-refractivity contribution is 5.68. The molecule has 0 bridgehead atoms. The Morgan fingerprint density at radius 3 is 2.23 bits per heavy atom. The first-order valence-corrected chi connectivity index (χ1v) is 10.9. The van der Waals surface area contributed by atoms with Crippen molar-refractivity contribution in [3.8, 4) is 11.5 Å². The Hall–Kier alpha value is -2.73. The highest BCUT2D eigenvalue weighted by Crippen LogP contribution is 2.19. The zero-order valence-corrected chi connectivity index (χ0v) is 19.1. The van der Waals surface area contributed by atoms with Gasteiger partial charge in [0.25, 0.3) is 0 Å². The van der Waals surface area contributed by atoms with Crippen LogP contribution in [0.2, 0.25) is 0 Å². The number of hydrogen-bond donors (Lipinski definition) is 0.